The fourth-order valence-corrected chi connectivity index (χ4v) is 4.01. The van der Waals surface area contributed by atoms with Crippen molar-refractivity contribution in [3.63, 3.8) is 0 Å². The average Bonchev–Trinajstić information content (AvgIpc) is 2.86. The van der Waals surface area contributed by atoms with Crippen molar-refractivity contribution >= 4 is 46.4 Å². The Balaban J connectivity index is 0.000000233. The van der Waals surface area contributed by atoms with Crippen LogP contribution >= 0.6 is 23.2 Å². The summed E-state index contributed by atoms with van der Waals surface area (Å²) in [5.74, 6) is 0.157. The smallest absolute Gasteiger partial charge is 0.229 e. The van der Waals surface area contributed by atoms with Gasteiger partial charge in [-0.05, 0) is 57.5 Å². The molecule has 0 saturated heterocycles. The topological polar surface area (TPSA) is 52.7 Å². The van der Waals surface area contributed by atoms with Crippen molar-refractivity contribution in [2.45, 2.75) is 52.6 Å². The van der Waals surface area contributed by atoms with Gasteiger partial charge in [0.05, 0.1) is 17.8 Å². The molecule has 1 N–H and O–H groups in total. The summed E-state index contributed by atoms with van der Waals surface area (Å²) in [6, 6.07) is 13.9. The number of likely N-dealkylation sites (N-methyl/N-ethyl adjacent to an activating group) is 1. The zero-order valence-electron chi connectivity index (χ0n) is 18.8. The third-order valence-electron chi connectivity index (χ3n) is 5.07. The second-order valence-corrected chi connectivity index (χ2v) is 8.81. The molecule has 1 aliphatic heterocycles. The Kier molecular flexibility index (Phi) is 9.20. The lowest BCUT2D eigenvalue weighted by molar-refractivity contribution is -0.120. The van der Waals surface area contributed by atoms with Gasteiger partial charge >= 0.3 is 0 Å². The number of rotatable bonds is 4. The van der Waals surface area contributed by atoms with Gasteiger partial charge < -0.3 is 15.1 Å². The lowest BCUT2D eigenvalue weighted by Gasteiger charge is -2.31. The van der Waals surface area contributed by atoms with Gasteiger partial charge in [-0.2, -0.15) is 0 Å². The van der Waals surface area contributed by atoms with Crippen LogP contribution in [0, 0.1) is 0 Å². The fourth-order valence-electron chi connectivity index (χ4n) is 3.53. The molecule has 2 amide bonds. The van der Waals surface area contributed by atoms with E-state index >= 15 is 0 Å². The molecule has 0 radical (unpaired) electrons. The monoisotopic (exact) mass is 463 g/mol. The lowest BCUT2D eigenvalue weighted by Crippen LogP contribution is -2.36. The van der Waals surface area contributed by atoms with Crippen LogP contribution in [0.4, 0.5) is 11.4 Å². The molecule has 0 bridgehead atoms. The second-order valence-electron chi connectivity index (χ2n) is 7.97. The zero-order valence-corrected chi connectivity index (χ0v) is 20.3. The van der Waals surface area contributed by atoms with Crippen LogP contribution < -0.4 is 15.1 Å². The third-order valence-corrected chi connectivity index (χ3v) is 5.66. The first-order valence-corrected chi connectivity index (χ1v) is 11.2. The van der Waals surface area contributed by atoms with E-state index in [0.717, 1.165) is 17.8 Å². The molecule has 5 nitrogen and oxygen atoms in total. The predicted molar refractivity (Wildman–Crippen MR) is 130 cm³/mol. The molecule has 0 atom stereocenters. The number of hydrogen-bond donors (Lipinski definition) is 1. The first kappa shape index (κ1) is 25.0. The number of anilines is 2. The Bertz CT molecular complexity index is 915. The van der Waals surface area contributed by atoms with E-state index in [9.17, 15) is 9.59 Å². The largest absolute Gasteiger partial charge is 0.367 e. The Morgan fingerprint density at radius 3 is 2.23 bits per heavy atom. The summed E-state index contributed by atoms with van der Waals surface area (Å²) < 4.78 is 0. The first-order chi connectivity index (χ1) is 14.6. The number of fused-ring (bicyclic) bond motifs is 1. The van der Waals surface area contributed by atoms with E-state index in [4.69, 9.17) is 23.2 Å². The fraction of sp³-hybridized carbons (Fsp3) is 0.417. The van der Waals surface area contributed by atoms with Crippen LogP contribution in [0.1, 0.15) is 39.7 Å². The first-order valence-electron chi connectivity index (χ1n) is 10.5. The molecule has 7 heteroatoms. The molecule has 1 aliphatic rings. The van der Waals surface area contributed by atoms with E-state index < -0.39 is 0 Å². The number of carbonyl (C=O) groups is 2. The molecule has 1 heterocycles. The van der Waals surface area contributed by atoms with Crippen LogP contribution in [-0.2, 0) is 16.0 Å². The molecule has 0 unspecified atom stereocenters. The van der Waals surface area contributed by atoms with Crippen molar-refractivity contribution in [1.82, 2.24) is 5.32 Å². The Labute approximate surface area is 195 Å². The molecule has 31 heavy (non-hydrogen) atoms. The van der Waals surface area contributed by atoms with Crippen molar-refractivity contribution in [2.75, 3.05) is 23.4 Å². The summed E-state index contributed by atoms with van der Waals surface area (Å²) in [6.45, 7) is 9.29. The highest BCUT2D eigenvalue weighted by molar-refractivity contribution is 6.35. The molecule has 168 valence electrons. The SMILES string of the molecule is CC(C)N1CCC(=O)N(C(C)C)c2ccccc21.CNC(=O)Cc1ccc(Cl)cc1Cl. The van der Waals surface area contributed by atoms with E-state index in [-0.39, 0.29) is 24.3 Å². The third kappa shape index (κ3) is 6.62. The van der Waals surface area contributed by atoms with Crippen molar-refractivity contribution < 1.29 is 9.59 Å². The normalized spacial score (nSPS) is 13.5. The van der Waals surface area contributed by atoms with Gasteiger partial charge in [0.1, 0.15) is 0 Å². The lowest BCUT2D eigenvalue weighted by atomic mass is 10.1. The Morgan fingerprint density at radius 1 is 1.03 bits per heavy atom. The molecule has 2 aromatic carbocycles. The van der Waals surface area contributed by atoms with Gasteiger partial charge in [-0.15, -0.1) is 0 Å². The maximum Gasteiger partial charge on any atom is 0.229 e. The van der Waals surface area contributed by atoms with Gasteiger partial charge in [0.15, 0.2) is 0 Å². The number of amides is 2. The van der Waals surface area contributed by atoms with E-state index in [1.54, 1.807) is 25.2 Å². The van der Waals surface area contributed by atoms with Gasteiger partial charge in [-0.3, -0.25) is 9.59 Å². The summed E-state index contributed by atoms with van der Waals surface area (Å²) in [7, 11) is 1.59. The number of para-hydroxylation sites is 2. The van der Waals surface area contributed by atoms with Crippen molar-refractivity contribution in [3.05, 3.63) is 58.1 Å². The minimum atomic E-state index is -0.0655. The van der Waals surface area contributed by atoms with Crippen LogP contribution in [0.25, 0.3) is 0 Å². The van der Waals surface area contributed by atoms with Crippen LogP contribution in [0.15, 0.2) is 42.5 Å². The highest BCUT2D eigenvalue weighted by Crippen LogP contribution is 2.34. The van der Waals surface area contributed by atoms with E-state index in [2.05, 4.69) is 44.0 Å². The number of carbonyl (C=O) groups excluding carboxylic acids is 2. The maximum atomic E-state index is 12.3. The van der Waals surface area contributed by atoms with Gasteiger partial charge in [0.25, 0.3) is 0 Å². The molecule has 0 aromatic heterocycles. The molecule has 2 aromatic rings. The highest BCUT2D eigenvalue weighted by Gasteiger charge is 2.28. The molecular weight excluding hydrogens is 433 g/mol. The molecular formula is C24H31Cl2N3O2. The van der Waals surface area contributed by atoms with Gasteiger partial charge in [-0.1, -0.05) is 41.4 Å². The second kappa shape index (κ2) is 11.4. The summed E-state index contributed by atoms with van der Waals surface area (Å²) in [5.41, 5.74) is 3.00. The summed E-state index contributed by atoms with van der Waals surface area (Å²) in [5, 5.41) is 3.62. The number of benzene rings is 2. The molecule has 0 aliphatic carbocycles. The Morgan fingerprint density at radius 2 is 1.68 bits per heavy atom. The van der Waals surface area contributed by atoms with Crippen LogP contribution in [0.2, 0.25) is 10.0 Å². The zero-order chi connectivity index (χ0) is 23.1. The minimum Gasteiger partial charge on any atom is -0.367 e. The van der Waals surface area contributed by atoms with E-state index in [0.29, 0.717) is 22.5 Å². The molecule has 0 saturated carbocycles. The average molecular weight is 464 g/mol. The number of nitrogens with one attached hydrogen (secondary N) is 1. The maximum absolute atomic E-state index is 12.3. The van der Waals surface area contributed by atoms with Gasteiger partial charge in [0.2, 0.25) is 11.8 Å². The quantitative estimate of drug-likeness (QED) is 0.666. The summed E-state index contributed by atoms with van der Waals surface area (Å²) in [6.07, 6.45) is 0.873. The highest BCUT2D eigenvalue weighted by atomic mass is 35.5. The summed E-state index contributed by atoms with van der Waals surface area (Å²) >= 11 is 11.6. The number of hydrogen-bond acceptors (Lipinski definition) is 3. The Hall–Kier alpha value is -2.24. The van der Waals surface area contributed by atoms with Crippen molar-refractivity contribution in [2.24, 2.45) is 0 Å². The number of nitrogens with zero attached hydrogens (tertiary/aromatic N) is 2. The minimum absolute atomic E-state index is 0.0655. The van der Waals surface area contributed by atoms with Gasteiger partial charge in [0, 0.05) is 42.1 Å². The molecule has 0 fully saturated rings. The van der Waals surface area contributed by atoms with E-state index in [1.165, 1.54) is 5.69 Å². The predicted octanol–water partition coefficient (Wildman–Crippen LogP) is 5.33. The summed E-state index contributed by atoms with van der Waals surface area (Å²) in [4.78, 5) is 27.5. The molecule has 0 spiro atoms. The van der Waals surface area contributed by atoms with Crippen LogP contribution in [-0.4, -0.2) is 37.5 Å². The molecule has 3 rings (SSSR count). The van der Waals surface area contributed by atoms with Gasteiger partial charge in [-0.25, -0.2) is 0 Å². The van der Waals surface area contributed by atoms with E-state index in [1.807, 2.05) is 23.1 Å². The van der Waals surface area contributed by atoms with Crippen molar-refractivity contribution in [1.29, 1.82) is 0 Å². The standard InChI is InChI=1S/C15H22N2O.C9H9Cl2NO/c1-11(2)16-10-9-15(18)17(12(3)4)14-8-6-5-7-13(14)16;1-12-9(13)4-6-2-3-7(10)5-8(6)11/h5-8,11-12H,9-10H2,1-4H3;2-3,5H,4H2,1H3,(H,12,13). The van der Waals surface area contributed by atoms with Crippen molar-refractivity contribution in [3.8, 4) is 0 Å². The van der Waals surface area contributed by atoms with Crippen LogP contribution in [0.5, 0.6) is 0 Å². The van der Waals surface area contributed by atoms with Crippen LogP contribution in [0.3, 0.4) is 0 Å². The number of halogens is 2.